The Hall–Kier alpha value is -6.32. The molecule has 15 nitrogen and oxygen atoms in total. The number of halogens is 1. The van der Waals surface area contributed by atoms with Gasteiger partial charge in [0.2, 0.25) is 17.7 Å². The number of benzene rings is 3. The lowest BCUT2D eigenvalue weighted by Gasteiger charge is -2.36. The number of rotatable bonds is 15. The second-order valence-corrected chi connectivity index (χ2v) is 17.5. The standard InChI is InChI=1S/C48H52ClN9O6/c49-39-26-35(64-34-10-4-3-5-11-34)14-16-37(39)44(61)38-27-50-45-43(38)46(52-30-51-45)53-32-9-8-20-57(29-32)42(60)12-6-1-2-7-19-55-21-23-56(24-22-55)33-13-15-36-31(25-33)28-58(48(36)63)40-17-18-41(59)54-47(40)62/h3-5,10-11,13-16,25-27,30,32,40H,1-2,6-9,12,17-24,28-29H2,(H,54,59,62)(H2,50,51,52,53). The Morgan fingerprint density at radius 1 is 0.859 bits per heavy atom. The van der Waals surface area contributed by atoms with Crippen LogP contribution < -0.4 is 20.3 Å². The normalized spacial score (nSPS) is 19.2. The predicted molar refractivity (Wildman–Crippen MR) is 243 cm³/mol. The van der Waals surface area contributed by atoms with E-state index in [2.05, 4.69) is 41.5 Å². The number of nitrogens with one attached hydrogen (secondary N) is 3. The summed E-state index contributed by atoms with van der Waals surface area (Å²) in [6, 6.07) is 19.7. The highest BCUT2D eigenvalue weighted by molar-refractivity contribution is 6.35. The van der Waals surface area contributed by atoms with Crippen LogP contribution in [0.4, 0.5) is 11.5 Å². The van der Waals surface area contributed by atoms with E-state index in [1.165, 1.54) is 6.33 Å². The molecular formula is C48H52ClN9O6. The van der Waals surface area contributed by atoms with E-state index in [0.29, 0.717) is 71.0 Å². The van der Waals surface area contributed by atoms with Gasteiger partial charge in [-0.25, -0.2) is 9.97 Å². The summed E-state index contributed by atoms with van der Waals surface area (Å²) >= 11 is 6.63. The van der Waals surface area contributed by atoms with Crippen molar-refractivity contribution in [1.82, 2.24) is 35.0 Å². The Morgan fingerprint density at radius 2 is 1.69 bits per heavy atom. The quantitative estimate of drug-likeness (QED) is 0.0590. The van der Waals surface area contributed by atoms with E-state index >= 15 is 0 Å². The van der Waals surface area contributed by atoms with Crippen LogP contribution in [0.15, 0.2) is 79.3 Å². The average molecular weight is 886 g/mol. The van der Waals surface area contributed by atoms with Gasteiger partial charge in [-0.2, -0.15) is 0 Å². The maximum atomic E-state index is 13.9. The molecule has 0 bridgehead atoms. The number of carbonyl (C=O) groups is 5. The second kappa shape index (κ2) is 19.2. The summed E-state index contributed by atoms with van der Waals surface area (Å²) in [7, 11) is 0. The lowest BCUT2D eigenvalue weighted by atomic mass is 10.0. The Kier molecular flexibility index (Phi) is 12.9. The Bertz CT molecular complexity index is 2560. The molecule has 2 atom stereocenters. The number of amides is 4. The number of fused-ring (bicyclic) bond motifs is 2. The van der Waals surface area contributed by atoms with Crippen LogP contribution in [0.2, 0.25) is 5.02 Å². The molecule has 16 heteroatoms. The van der Waals surface area contributed by atoms with Gasteiger partial charge in [-0.3, -0.25) is 34.2 Å². The predicted octanol–water partition coefficient (Wildman–Crippen LogP) is 6.57. The molecule has 5 aromatic rings. The maximum absolute atomic E-state index is 13.9. The van der Waals surface area contributed by atoms with Gasteiger partial charge in [-0.1, -0.05) is 42.6 Å². The Morgan fingerprint density at radius 3 is 2.50 bits per heavy atom. The summed E-state index contributed by atoms with van der Waals surface area (Å²) in [5.41, 5.74) is 3.92. The van der Waals surface area contributed by atoms with Crippen molar-refractivity contribution in [2.24, 2.45) is 0 Å². The third-order valence-corrected chi connectivity index (χ3v) is 13.2. The number of unbranched alkanes of at least 4 members (excludes halogenated alkanes) is 3. The van der Waals surface area contributed by atoms with Crippen LogP contribution in [0.3, 0.4) is 0 Å². The van der Waals surface area contributed by atoms with Crippen molar-refractivity contribution in [1.29, 1.82) is 0 Å². The summed E-state index contributed by atoms with van der Waals surface area (Å²) in [5, 5.41) is 6.75. The molecule has 6 heterocycles. The van der Waals surface area contributed by atoms with Crippen molar-refractivity contribution in [3.05, 3.63) is 107 Å². The number of ketones is 1. The monoisotopic (exact) mass is 885 g/mol. The molecule has 64 heavy (non-hydrogen) atoms. The topological polar surface area (TPSA) is 173 Å². The summed E-state index contributed by atoms with van der Waals surface area (Å²) in [5.74, 6) is 0.802. The van der Waals surface area contributed by atoms with Crippen molar-refractivity contribution in [3.8, 4) is 11.5 Å². The number of piperidine rings is 2. The molecule has 0 radical (unpaired) electrons. The molecule has 332 valence electrons. The van der Waals surface area contributed by atoms with Crippen LogP contribution >= 0.6 is 11.6 Å². The highest BCUT2D eigenvalue weighted by Crippen LogP contribution is 2.33. The first kappa shape index (κ1) is 43.0. The molecule has 0 saturated carbocycles. The van der Waals surface area contributed by atoms with Crippen molar-refractivity contribution >= 4 is 63.6 Å². The third-order valence-electron chi connectivity index (χ3n) is 12.9. The number of H-pyrrole nitrogens is 1. The van der Waals surface area contributed by atoms with E-state index in [4.69, 9.17) is 16.3 Å². The minimum absolute atomic E-state index is 0.0330. The number of hydrogen-bond donors (Lipinski definition) is 3. The van der Waals surface area contributed by atoms with Crippen LogP contribution in [0.5, 0.6) is 11.5 Å². The van der Waals surface area contributed by atoms with Crippen molar-refractivity contribution in [2.75, 3.05) is 56.0 Å². The van der Waals surface area contributed by atoms with Crippen LogP contribution in [-0.4, -0.2) is 117 Å². The molecule has 3 saturated heterocycles. The Balaban J connectivity index is 0.700. The molecule has 0 spiro atoms. The zero-order chi connectivity index (χ0) is 44.2. The van der Waals surface area contributed by atoms with Gasteiger partial charge in [0.1, 0.15) is 35.3 Å². The highest BCUT2D eigenvalue weighted by Gasteiger charge is 2.39. The summed E-state index contributed by atoms with van der Waals surface area (Å²) in [6.45, 7) is 6.38. The van der Waals surface area contributed by atoms with Gasteiger partial charge in [-0.15, -0.1) is 0 Å². The summed E-state index contributed by atoms with van der Waals surface area (Å²) in [6.07, 6.45) is 9.96. The van der Waals surface area contributed by atoms with Crippen LogP contribution in [-0.2, 0) is 20.9 Å². The van der Waals surface area contributed by atoms with Gasteiger partial charge in [-0.05, 0) is 86.7 Å². The van der Waals surface area contributed by atoms with Crippen LogP contribution in [0.1, 0.15) is 89.6 Å². The highest BCUT2D eigenvalue weighted by atomic mass is 35.5. The number of ether oxygens (including phenoxy) is 1. The zero-order valence-electron chi connectivity index (χ0n) is 35.7. The summed E-state index contributed by atoms with van der Waals surface area (Å²) in [4.78, 5) is 84.9. The number of imide groups is 1. The first-order valence-corrected chi connectivity index (χ1v) is 22.7. The minimum atomic E-state index is -0.611. The molecule has 3 aromatic carbocycles. The number of para-hydroxylation sites is 1. The number of likely N-dealkylation sites (tertiary alicyclic amines) is 1. The molecule has 4 aliphatic heterocycles. The largest absolute Gasteiger partial charge is 0.457 e. The van der Waals surface area contributed by atoms with E-state index in [9.17, 15) is 24.0 Å². The smallest absolute Gasteiger partial charge is 0.255 e. The number of carbonyl (C=O) groups excluding carboxylic acids is 5. The number of hydrogen-bond acceptors (Lipinski definition) is 11. The lowest BCUT2D eigenvalue weighted by molar-refractivity contribution is -0.137. The lowest BCUT2D eigenvalue weighted by Crippen LogP contribution is -2.52. The van der Waals surface area contributed by atoms with Gasteiger partial charge in [0.05, 0.1) is 16.0 Å². The van der Waals surface area contributed by atoms with Crippen molar-refractivity contribution < 1.29 is 28.7 Å². The fourth-order valence-electron chi connectivity index (χ4n) is 9.39. The fraction of sp³-hybridized carbons (Fsp3) is 0.396. The second-order valence-electron chi connectivity index (χ2n) is 17.1. The molecule has 2 aromatic heterocycles. The molecule has 4 aliphatic rings. The van der Waals surface area contributed by atoms with Gasteiger partial charge in [0.15, 0.2) is 5.78 Å². The SMILES string of the molecule is O=C1CCC(N2Cc3cc(N4CCN(CCCCCCC(=O)N5CCCC(Nc6ncnc7[nH]cc(C(=O)c8ccc(Oc9ccccc9)cc8Cl)c67)C5)CC4)ccc3C2=O)C(=O)N1. The zero-order valence-corrected chi connectivity index (χ0v) is 36.4. The summed E-state index contributed by atoms with van der Waals surface area (Å²) < 4.78 is 5.90. The number of piperazine rings is 1. The fourth-order valence-corrected chi connectivity index (χ4v) is 9.65. The van der Waals surface area contributed by atoms with E-state index < -0.39 is 11.9 Å². The molecule has 9 rings (SSSR count). The minimum Gasteiger partial charge on any atom is -0.457 e. The molecular weight excluding hydrogens is 834 g/mol. The molecule has 2 unspecified atom stereocenters. The van der Waals surface area contributed by atoms with Gasteiger partial charge >= 0.3 is 0 Å². The number of anilines is 2. The number of nitrogens with zero attached hydrogens (tertiary/aromatic N) is 6. The van der Waals surface area contributed by atoms with Gasteiger partial charge in [0.25, 0.3) is 5.91 Å². The molecule has 3 N–H and O–H groups in total. The molecule has 0 aliphatic carbocycles. The van der Waals surface area contributed by atoms with Crippen LogP contribution in [0.25, 0.3) is 11.0 Å². The third kappa shape index (κ3) is 9.46. The average Bonchev–Trinajstić information content (AvgIpc) is 3.89. The first-order valence-electron chi connectivity index (χ1n) is 22.4. The van der Waals surface area contributed by atoms with E-state index in [1.54, 1.807) is 29.3 Å². The van der Waals surface area contributed by atoms with Gasteiger partial charge < -0.3 is 29.7 Å². The Labute approximate surface area is 376 Å². The number of aromatic nitrogens is 3. The first-order chi connectivity index (χ1) is 31.2. The van der Waals surface area contributed by atoms with Gasteiger partial charge in [0, 0.05) is 93.8 Å². The molecule has 3 fully saturated rings. The van der Waals surface area contributed by atoms with Crippen molar-refractivity contribution in [3.63, 3.8) is 0 Å². The van der Waals surface area contributed by atoms with Crippen molar-refractivity contribution in [2.45, 2.75) is 76.4 Å². The number of aromatic amines is 1. The van der Waals surface area contributed by atoms with Crippen LogP contribution in [0, 0.1) is 0 Å². The van der Waals surface area contributed by atoms with E-state index in [-0.39, 0.29) is 41.0 Å². The van der Waals surface area contributed by atoms with E-state index in [0.717, 1.165) is 89.0 Å². The molecule has 4 amide bonds. The maximum Gasteiger partial charge on any atom is 0.255 e. The van der Waals surface area contributed by atoms with E-state index in [1.807, 2.05) is 47.4 Å².